The standard InChI is InChI=1S/C27H31N5O3/c1-6-23(34)30-21-11-19(8-7-17(21)4)25-24-18(5)22(35-15-16(2)3)13-28-27(24)31-26(25)20-12-29-32(14-20)9-10-33/h6-8,11-14,16,33H,1,9-10,15H2,2-5H3,(H,28,31)(H,30,34). The highest BCUT2D eigenvalue weighted by atomic mass is 16.5. The number of carbonyl (C=O) groups excluding carboxylic acids is 1. The number of nitrogens with zero attached hydrogens (tertiary/aromatic N) is 3. The van der Waals surface area contributed by atoms with Crippen LogP contribution < -0.4 is 10.1 Å². The normalized spacial score (nSPS) is 11.3. The number of aryl methyl sites for hydroxylation is 2. The van der Waals surface area contributed by atoms with E-state index in [1.54, 1.807) is 17.1 Å². The molecule has 0 saturated heterocycles. The van der Waals surface area contributed by atoms with E-state index in [-0.39, 0.29) is 12.5 Å². The van der Waals surface area contributed by atoms with E-state index in [1.165, 1.54) is 6.08 Å². The molecule has 0 aliphatic heterocycles. The van der Waals surface area contributed by atoms with E-state index in [0.29, 0.717) is 24.8 Å². The van der Waals surface area contributed by atoms with Crippen molar-refractivity contribution in [1.29, 1.82) is 0 Å². The van der Waals surface area contributed by atoms with Crippen molar-refractivity contribution >= 4 is 22.6 Å². The van der Waals surface area contributed by atoms with Crippen molar-refractivity contribution < 1.29 is 14.6 Å². The molecule has 0 aliphatic carbocycles. The SMILES string of the molecule is C=CC(=O)Nc1cc(-c2c(-c3cnn(CCO)c3)[nH]c3ncc(OCC(C)C)c(C)c23)ccc1C. The molecule has 0 radical (unpaired) electrons. The third-order valence-corrected chi connectivity index (χ3v) is 5.83. The summed E-state index contributed by atoms with van der Waals surface area (Å²) in [5, 5.41) is 17.5. The second-order valence-electron chi connectivity index (χ2n) is 8.99. The summed E-state index contributed by atoms with van der Waals surface area (Å²) in [5.74, 6) is 0.856. The Morgan fingerprint density at radius 3 is 2.80 bits per heavy atom. The zero-order valence-electron chi connectivity index (χ0n) is 20.6. The molecule has 0 unspecified atom stereocenters. The van der Waals surface area contributed by atoms with Crippen LogP contribution in [0.4, 0.5) is 5.69 Å². The molecule has 0 atom stereocenters. The van der Waals surface area contributed by atoms with Crippen LogP contribution >= 0.6 is 0 Å². The maximum absolute atomic E-state index is 12.0. The maximum atomic E-state index is 12.0. The van der Waals surface area contributed by atoms with Crippen molar-refractivity contribution in [2.24, 2.45) is 5.92 Å². The van der Waals surface area contributed by atoms with Crippen LogP contribution in [0.1, 0.15) is 25.0 Å². The highest BCUT2D eigenvalue weighted by Crippen LogP contribution is 2.42. The van der Waals surface area contributed by atoms with Crippen LogP contribution in [0.5, 0.6) is 5.75 Å². The summed E-state index contributed by atoms with van der Waals surface area (Å²) in [4.78, 5) is 20.2. The number of hydrogen-bond acceptors (Lipinski definition) is 5. The molecule has 8 heteroatoms. The summed E-state index contributed by atoms with van der Waals surface area (Å²) in [6.07, 6.45) is 6.67. The lowest BCUT2D eigenvalue weighted by Gasteiger charge is -2.13. The Morgan fingerprint density at radius 2 is 2.09 bits per heavy atom. The number of ether oxygens (including phenoxy) is 1. The number of benzene rings is 1. The van der Waals surface area contributed by atoms with Gasteiger partial charge in [0.2, 0.25) is 5.91 Å². The van der Waals surface area contributed by atoms with Gasteiger partial charge >= 0.3 is 0 Å². The summed E-state index contributed by atoms with van der Waals surface area (Å²) < 4.78 is 7.77. The second kappa shape index (κ2) is 10.1. The van der Waals surface area contributed by atoms with Gasteiger partial charge in [0.1, 0.15) is 11.4 Å². The zero-order chi connectivity index (χ0) is 25.1. The number of aliphatic hydroxyl groups is 1. The molecule has 0 fully saturated rings. The van der Waals surface area contributed by atoms with E-state index in [4.69, 9.17) is 4.74 Å². The van der Waals surface area contributed by atoms with Gasteiger partial charge in [-0.2, -0.15) is 5.10 Å². The van der Waals surface area contributed by atoms with Crippen LogP contribution in [0.25, 0.3) is 33.4 Å². The van der Waals surface area contributed by atoms with Gasteiger partial charge in [-0.3, -0.25) is 9.48 Å². The average Bonchev–Trinajstić information content (AvgIpc) is 3.45. The fraction of sp³-hybridized carbons (Fsp3) is 0.296. The molecule has 3 heterocycles. The number of H-pyrrole nitrogens is 1. The summed E-state index contributed by atoms with van der Waals surface area (Å²) in [6.45, 7) is 12.8. The van der Waals surface area contributed by atoms with Crippen molar-refractivity contribution in [2.45, 2.75) is 34.2 Å². The first-order valence-electron chi connectivity index (χ1n) is 11.6. The number of hydrogen-bond donors (Lipinski definition) is 3. The lowest BCUT2D eigenvalue weighted by Crippen LogP contribution is -2.08. The zero-order valence-corrected chi connectivity index (χ0v) is 20.6. The fourth-order valence-electron chi connectivity index (χ4n) is 4.01. The van der Waals surface area contributed by atoms with E-state index < -0.39 is 0 Å². The minimum absolute atomic E-state index is 0.00220. The number of rotatable bonds is 9. The molecule has 3 aromatic heterocycles. The number of aliphatic hydroxyl groups excluding tert-OH is 1. The number of anilines is 1. The molecule has 1 aromatic carbocycles. The molecule has 0 aliphatic rings. The molecule has 8 nitrogen and oxygen atoms in total. The molecule has 0 bridgehead atoms. The smallest absolute Gasteiger partial charge is 0.247 e. The van der Waals surface area contributed by atoms with Crippen molar-refractivity contribution in [1.82, 2.24) is 19.7 Å². The highest BCUT2D eigenvalue weighted by molar-refractivity contribution is 6.06. The third-order valence-electron chi connectivity index (χ3n) is 5.83. The monoisotopic (exact) mass is 473 g/mol. The first-order valence-corrected chi connectivity index (χ1v) is 11.6. The van der Waals surface area contributed by atoms with Gasteiger partial charge in [-0.05, 0) is 43.0 Å². The van der Waals surface area contributed by atoms with Crippen molar-refractivity contribution in [2.75, 3.05) is 18.5 Å². The van der Waals surface area contributed by atoms with E-state index in [1.807, 2.05) is 38.2 Å². The molecule has 182 valence electrons. The molecule has 0 saturated carbocycles. The van der Waals surface area contributed by atoms with Crippen molar-refractivity contribution in [3.63, 3.8) is 0 Å². The highest BCUT2D eigenvalue weighted by Gasteiger charge is 2.21. The third kappa shape index (κ3) is 4.97. The van der Waals surface area contributed by atoms with Crippen molar-refractivity contribution in [3.8, 4) is 28.1 Å². The quantitative estimate of drug-likeness (QED) is 0.301. The van der Waals surface area contributed by atoms with Gasteiger partial charge in [0.05, 0.1) is 37.8 Å². The number of fused-ring (bicyclic) bond motifs is 1. The Bertz CT molecular complexity index is 1380. The van der Waals surface area contributed by atoms with Gasteiger partial charge in [0.15, 0.2) is 0 Å². The van der Waals surface area contributed by atoms with Crippen LogP contribution in [0.2, 0.25) is 0 Å². The van der Waals surface area contributed by atoms with Crippen LogP contribution in [-0.4, -0.2) is 44.0 Å². The summed E-state index contributed by atoms with van der Waals surface area (Å²) >= 11 is 0. The molecule has 1 amide bonds. The largest absolute Gasteiger partial charge is 0.491 e. The number of pyridine rings is 1. The van der Waals surface area contributed by atoms with Crippen LogP contribution in [0, 0.1) is 19.8 Å². The number of amides is 1. The Morgan fingerprint density at radius 1 is 1.29 bits per heavy atom. The van der Waals surface area contributed by atoms with Crippen LogP contribution in [0.15, 0.2) is 49.4 Å². The lowest BCUT2D eigenvalue weighted by molar-refractivity contribution is -0.111. The van der Waals surface area contributed by atoms with Crippen LogP contribution in [0.3, 0.4) is 0 Å². The van der Waals surface area contributed by atoms with Crippen molar-refractivity contribution in [3.05, 3.63) is 60.6 Å². The molecule has 0 spiro atoms. The Hall–Kier alpha value is -3.91. The molecular formula is C27H31N5O3. The second-order valence-corrected chi connectivity index (χ2v) is 8.99. The Labute approximate surface area is 204 Å². The van der Waals surface area contributed by atoms with Gasteiger partial charge in [0.25, 0.3) is 0 Å². The van der Waals surface area contributed by atoms with Gasteiger partial charge in [-0.1, -0.05) is 32.6 Å². The minimum atomic E-state index is -0.267. The fourth-order valence-corrected chi connectivity index (χ4v) is 4.01. The predicted octanol–water partition coefficient (Wildman–Crippen LogP) is 4.86. The number of aromatic nitrogens is 4. The molecule has 4 rings (SSSR count). The average molecular weight is 474 g/mol. The maximum Gasteiger partial charge on any atom is 0.247 e. The first-order chi connectivity index (χ1) is 16.8. The van der Waals surface area contributed by atoms with Gasteiger partial charge in [0, 0.05) is 34.0 Å². The van der Waals surface area contributed by atoms with E-state index in [2.05, 4.69) is 40.8 Å². The number of aromatic amines is 1. The van der Waals surface area contributed by atoms with Gasteiger partial charge in [-0.25, -0.2) is 4.98 Å². The Balaban J connectivity index is 1.94. The van der Waals surface area contributed by atoms with E-state index in [9.17, 15) is 9.90 Å². The molecule has 4 aromatic rings. The summed E-state index contributed by atoms with van der Waals surface area (Å²) in [6, 6.07) is 5.97. The number of carbonyl (C=O) groups is 1. The molecule has 3 N–H and O–H groups in total. The van der Waals surface area contributed by atoms with Gasteiger partial charge < -0.3 is 20.1 Å². The van der Waals surface area contributed by atoms with Gasteiger partial charge in [-0.15, -0.1) is 0 Å². The first kappa shape index (κ1) is 24.2. The predicted molar refractivity (Wildman–Crippen MR) is 138 cm³/mol. The van der Waals surface area contributed by atoms with Crippen LogP contribution in [-0.2, 0) is 11.3 Å². The molecular weight excluding hydrogens is 442 g/mol. The lowest BCUT2D eigenvalue weighted by atomic mass is 9.96. The summed E-state index contributed by atoms with van der Waals surface area (Å²) in [5.41, 5.74) is 6.94. The molecule has 35 heavy (non-hydrogen) atoms. The van der Waals surface area contributed by atoms with E-state index >= 15 is 0 Å². The summed E-state index contributed by atoms with van der Waals surface area (Å²) in [7, 11) is 0. The van der Waals surface area contributed by atoms with E-state index in [0.717, 1.165) is 50.3 Å². The number of nitrogens with one attached hydrogen (secondary N) is 2. The topological polar surface area (TPSA) is 105 Å². The Kier molecular flexibility index (Phi) is 7.02. The minimum Gasteiger partial charge on any atom is -0.491 e.